The Morgan fingerprint density at radius 1 is 1.38 bits per heavy atom. The van der Waals surface area contributed by atoms with E-state index < -0.39 is 0 Å². The van der Waals surface area contributed by atoms with Gasteiger partial charge in [-0.1, -0.05) is 13.8 Å². The molecule has 0 amide bonds. The highest BCUT2D eigenvalue weighted by Gasteiger charge is 2.11. The minimum absolute atomic E-state index is 0.0454. The zero-order valence-corrected chi connectivity index (χ0v) is 8.82. The second kappa shape index (κ2) is 6.88. The molecule has 2 unspecified atom stereocenters. The van der Waals surface area contributed by atoms with Crippen LogP contribution in [0.4, 0.5) is 0 Å². The van der Waals surface area contributed by atoms with Crippen LogP contribution in [0.2, 0.25) is 0 Å². The van der Waals surface area contributed by atoms with E-state index in [0.29, 0.717) is 6.54 Å². The van der Waals surface area contributed by atoms with Gasteiger partial charge in [0, 0.05) is 13.1 Å². The van der Waals surface area contributed by atoms with Crippen molar-refractivity contribution in [2.24, 2.45) is 5.92 Å². The Bertz CT molecular complexity index is 165. The molecule has 0 aromatic carbocycles. The van der Waals surface area contributed by atoms with Gasteiger partial charge in [0.1, 0.15) is 0 Å². The standard InChI is InChI=1S/C10H20N2O/c1-4-10(13)8-12(5-2)7-9(3)6-11/h9-10,13H,4-5,7-8H2,1-3H3. The van der Waals surface area contributed by atoms with Crippen LogP contribution in [0.5, 0.6) is 0 Å². The molecule has 13 heavy (non-hydrogen) atoms. The van der Waals surface area contributed by atoms with Crippen molar-refractivity contribution >= 4 is 0 Å². The van der Waals surface area contributed by atoms with E-state index in [4.69, 9.17) is 5.26 Å². The molecule has 0 aromatic rings. The first-order chi connectivity index (χ1) is 6.13. The number of likely N-dealkylation sites (N-methyl/N-ethyl adjacent to an activating group) is 1. The van der Waals surface area contributed by atoms with Crippen LogP contribution < -0.4 is 0 Å². The molecule has 0 rings (SSSR count). The van der Waals surface area contributed by atoms with Gasteiger partial charge in [0.2, 0.25) is 0 Å². The molecule has 0 aliphatic carbocycles. The van der Waals surface area contributed by atoms with Crippen molar-refractivity contribution in [3.8, 4) is 6.07 Å². The summed E-state index contributed by atoms with van der Waals surface area (Å²) in [7, 11) is 0. The lowest BCUT2D eigenvalue weighted by Crippen LogP contribution is -2.34. The van der Waals surface area contributed by atoms with Gasteiger partial charge in [-0.3, -0.25) is 4.90 Å². The lowest BCUT2D eigenvalue weighted by molar-refractivity contribution is 0.108. The molecule has 0 aliphatic rings. The van der Waals surface area contributed by atoms with E-state index in [1.54, 1.807) is 0 Å². The van der Waals surface area contributed by atoms with Crippen molar-refractivity contribution in [1.82, 2.24) is 4.90 Å². The van der Waals surface area contributed by atoms with Gasteiger partial charge in [0.05, 0.1) is 18.1 Å². The molecule has 0 saturated heterocycles. The maximum Gasteiger partial charge on any atom is 0.0666 e. The molecule has 0 spiro atoms. The van der Waals surface area contributed by atoms with E-state index in [0.717, 1.165) is 19.5 Å². The highest BCUT2D eigenvalue weighted by Crippen LogP contribution is 2.01. The molecule has 0 aliphatic heterocycles. The summed E-state index contributed by atoms with van der Waals surface area (Å²) in [5, 5.41) is 18.1. The molecule has 0 fully saturated rings. The molecule has 0 aromatic heterocycles. The van der Waals surface area contributed by atoms with Crippen molar-refractivity contribution in [2.45, 2.75) is 33.3 Å². The highest BCUT2D eigenvalue weighted by atomic mass is 16.3. The Hall–Kier alpha value is -0.590. The first-order valence-corrected chi connectivity index (χ1v) is 4.94. The van der Waals surface area contributed by atoms with Crippen molar-refractivity contribution in [1.29, 1.82) is 5.26 Å². The van der Waals surface area contributed by atoms with Crippen molar-refractivity contribution < 1.29 is 5.11 Å². The zero-order valence-electron chi connectivity index (χ0n) is 8.82. The molecule has 0 saturated carbocycles. The Kier molecular flexibility index (Phi) is 6.56. The fraction of sp³-hybridized carbons (Fsp3) is 0.900. The van der Waals surface area contributed by atoms with Crippen LogP contribution in [-0.2, 0) is 0 Å². The summed E-state index contributed by atoms with van der Waals surface area (Å²) < 4.78 is 0. The first kappa shape index (κ1) is 12.4. The molecular weight excluding hydrogens is 164 g/mol. The third kappa shape index (κ3) is 5.62. The maximum absolute atomic E-state index is 9.42. The monoisotopic (exact) mass is 184 g/mol. The quantitative estimate of drug-likeness (QED) is 0.675. The molecule has 1 N–H and O–H groups in total. The minimum Gasteiger partial charge on any atom is -0.392 e. The third-order valence-corrected chi connectivity index (χ3v) is 2.14. The van der Waals surface area contributed by atoms with E-state index in [-0.39, 0.29) is 12.0 Å². The van der Waals surface area contributed by atoms with E-state index in [9.17, 15) is 5.11 Å². The molecule has 0 bridgehead atoms. The van der Waals surface area contributed by atoms with Gasteiger partial charge in [-0.2, -0.15) is 5.26 Å². The van der Waals surface area contributed by atoms with E-state index in [1.807, 2.05) is 20.8 Å². The summed E-state index contributed by atoms with van der Waals surface area (Å²) in [6.07, 6.45) is 0.517. The fourth-order valence-corrected chi connectivity index (χ4v) is 1.19. The van der Waals surface area contributed by atoms with Crippen LogP contribution in [0.15, 0.2) is 0 Å². The molecule has 3 nitrogen and oxygen atoms in total. The summed E-state index contributed by atoms with van der Waals surface area (Å²) in [6, 6.07) is 2.20. The Labute approximate surface area is 81.0 Å². The van der Waals surface area contributed by atoms with Crippen molar-refractivity contribution in [3.05, 3.63) is 0 Å². The second-order valence-electron chi connectivity index (χ2n) is 3.44. The van der Waals surface area contributed by atoms with Crippen LogP contribution >= 0.6 is 0 Å². The van der Waals surface area contributed by atoms with Crippen molar-refractivity contribution in [3.63, 3.8) is 0 Å². The molecule has 3 heteroatoms. The SMILES string of the molecule is CCC(O)CN(CC)CC(C)C#N. The van der Waals surface area contributed by atoms with Crippen LogP contribution in [-0.4, -0.2) is 35.7 Å². The highest BCUT2D eigenvalue weighted by molar-refractivity contribution is 4.81. The topological polar surface area (TPSA) is 47.3 Å². The average Bonchev–Trinajstić information content (AvgIpc) is 2.16. The normalized spacial score (nSPS) is 15.4. The van der Waals surface area contributed by atoms with E-state index >= 15 is 0 Å². The van der Waals surface area contributed by atoms with Crippen LogP contribution in [0, 0.1) is 17.2 Å². The zero-order chi connectivity index (χ0) is 10.3. The van der Waals surface area contributed by atoms with Gasteiger partial charge < -0.3 is 5.11 Å². The summed E-state index contributed by atoms with van der Waals surface area (Å²) in [4.78, 5) is 2.11. The lowest BCUT2D eigenvalue weighted by Gasteiger charge is -2.23. The molecular formula is C10H20N2O. The third-order valence-electron chi connectivity index (χ3n) is 2.14. The number of hydrogen-bond acceptors (Lipinski definition) is 3. The van der Waals surface area contributed by atoms with Crippen LogP contribution in [0.25, 0.3) is 0 Å². The van der Waals surface area contributed by atoms with Crippen LogP contribution in [0.3, 0.4) is 0 Å². The van der Waals surface area contributed by atoms with Gasteiger partial charge in [0.25, 0.3) is 0 Å². The number of aliphatic hydroxyl groups is 1. The minimum atomic E-state index is -0.258. The number of nitriles is 1. The first-order valence-electron chi connectivity index (χ1n) is 4.94. The summed E-state index contributed by atoms with van der Waals surface area (Å²) in [6.45, 7) is 8.24. The van der Waals surface area contributed by atoms with Gasteiger partial charge in [-0.05, 0) is 19.9 Å². The summed E-state index contributed by atoms with van der Waals surface area (Å²) >= 11 is 0. The Morgan fingerprint density at radius 2 is 2.00 bits per heavy atom. The Morgan fingerprint density at radius 3 is 2.38 bits per heavy atom. The maximum atomic E-state index is 9.42. The molecule has 2 atom stereocenters. The van der Waals surface area contributed by atoms with Gasteiger partial charge >= 0.3 is 0 Å². The van der Waals surface area contributed by atoms with Gasteiger partial charge in [-0.15, -0.1) is 0 Å². The number of rotatable bonds is 6. The predicted octanol–water partition coefficient (Wildman–Crippen LogP) is 1.24. The fourth-order valence-electron chi connectivity index (χ4n) is 1.19. The summed E-state index contributed by atoms with van der Waals surface area (Å²) in [5.74, 6) is 0.0454. The number of nitrogens with zero attached hydrogens (tertiary/aromatic N) is 2. The lowest BCUT2D eigenvalue weighted by atomic mass is 10.2. The average molecular weight is 184 g/mol. The number of hydrogen-bond donors (Lipinski definition) is 1. The molecule has 76 valence electrons. The summed E-state index contributed by atoms with van der Waals surface area (Å²) in [5.41, 5.74) is 0. The number of aliphatic hydroxyl groups excluding tert-OH is 1. The largest absolute Gasteiger partial charge is 0.392 e. The van der Waals surface area contributed by atoms with Crippen molar-refractivity contribution in [2.75, 3.05) is 19.6 Å². The van der Waals surface area contributed by atoms with Gasteiger partial charge in [0.15, 0.2) is 0 Å². The van der Waals surface area contributed by atoms with Gasteiger partial charge in [-0.25, -0.2) is 0 Å². The second-order valence-corrected chi connectivity index (χ2v) is 3.44. The molecule has 0 heterocycles. The van der Waals surface area contributed by atoms with E-state index in [1.165, 1.54) is 0 Å². The Balaban J connectivity index is 3.83. The predicted molar refractivity (Wildman–Crippen MR) is 53.2 cm³/mol. The van der Waals surface area contributed by atoms with Crippen LogP contribution in [0.1, 0.15) is 27.2 Å². The molecule has 0 radical (unpaired) electrons. The van der Waals surface area contributed by atoms with E-state index in [2.05, 4.69) is 11.0 Å². The smallest absolute Gasteiger partial charge is 0.0666 e.